The number of amides is 1. The van der Waals surface area contributed by atoms with E-state index in [0.717, 1.165) is 10.1 Å². The maximum Gasteiger partial charge on any atom is 0.267 e. The number of hydrogen-bond donors (Lipinski definition) is 1. The summed E-state index contributed by atoms with van der Waals surface area (Å²) in [5.74, 6) is 0.196. The van der Waals surface area contributed by atoms with Crippen molar-refractivity contribution in [2.45, 2.75) is 0 Å². The highest BCUT2D eigenvalue weighted by atomic mass is 35.5. The van der Waals surface area contributed by atoms with E-state index in [2.05, 4.69) is 10.3 Å². The number of fused-ring (bicyclic) bond motifs is 1. The Labute approximate surface area is 140 Å². The van der Waals surface area contributed by atoms with Crippen LogP contribution in [0.1, 0.15) is 9.67 Å². The molecular formula is C15H10Cl2N2O2S. The number of hydrogen-bond acceptors (Lipinski definition) is 4. The monoisotopic (exact) mass is 352 g/mol. The van der Waals surface area contributed by atoms with Crippen LogP contribution in [0.5, 0.6) is 5.88 Å². The van der Waals surface area contributed by atoms with Gasteiger partial charge in [-0.2, -0.15) is 0 Å². The molecule has 0 radical (unpaired) electrons. The highest BCUT2D eigenvalue weighted by Gasteiger charge is 2.17. The first-order chi connectivity index (χ1) is 10.6. The van der Waals surface area contributed by atoms with Gasteiger partial charge in [0.2, 0.25) is 5.88 Å². The maximum absolute atomic E-state index is 12.4. The molecule has 2 heterocycles. The number of rotatable bonds is 3. The lowest BCUT2D eigenvalue weighted by Crippen LogP contribution is -2.10. The van der Waals surface area contributed by atoms with Crippen LogP contribution in [-0.4, -0.2) is 18.0 Å². The Morgan fingerprint density at radius 3 is 2.77 bits per heavy atom. The number of benzene rings is 1. The number of thiophene rings is 1. The number of carbonyl (C=O) groups is 1. The van der Waals surface area contributed by atoms with Crippen LogP contribution in [0.4, 0.5) is 5.69 Å². The number of nitrogens with zero attached hydrogens (tertiary/aromatic N) is 1. The standard InChI is InChI=1S/C15H10Cl2N2O2S/c1-21-12-5-3-9(7-18-12)19-15(20)14-13(17)10-4-2-8(16)6-11(10)22-14/h2-7H,1H3,(H,19,20). The van der Waals surface area contributed by atoms with Crippen molar-refractivity contribution in [2.24, 2.45) is 0 Å². The molecule has 0 atom stereocenters. The molecule has 0 unspecified atom stereocenters. The molecule has 112 valence electrons. The zero-order valence-electron chi connectivity index (χ0n) is 11.4. The van der Waals surface area contributed by atoms with E-state index in [9.17, 15) is 4.79 Å². The van der Waals surface area contributed by atoms with Gasteiger partial charge in [0.1, 0.15) is 4.88 Å². The van der Waals surface area contributed by atoms with Crippen LogP contribution in [0.15, 0.2) is 36.5 Å². The summed E-state index contributed by atoms with van der Waals surface area (Å²) < 4.78 is 5.84. The average molecular weight is 353 g/mol. The van der Waals surface area contributed by atoms with Gasteiger partial charge in [-0.25, -0.2) is 4.98 Å². The fraction of sp³-hybridized carbons (Fsp3) is 0.0667. The van der Waals surface area contributed by atoms with Crippen molar-refractivity contribution >= 4 is 56.2 Å². The second-order valence-electron chi connectivity index (χ2n) is 4.43. The van der Waals surface area contributed by atoms with Gasteiger partial charge in [0.25, 0.3) is 5.91 Å². The number of halogens is 2. The zero-order chi connectivity index (χ0) is 15.7. The molecule has 2 aromatic heterocycles. The van der Waals surface area contributed by atoms with E-state index in [4.69, 9.17) is 27.9 Å². The molecule has 22 heavy (non-hydrogen) atoms. The molecule has 4 nitrogen and oxygen atoms in total. The highest BCUT2D eigenvalue weighted by molar-refractivity contribution is 7.21. The molecule has 0 aliphatic rings. The first kappa shape index (κ1) is 15.1. The van der Waals surface area contributed by atoms with E-state index in [1.165, 1.54) is 24.6 Å². The molecule has 0 bridgehead atoms. The third-order valence-corrected chi connectivity index (χ3v) is 4.89. The van der Waals surface area contributed by atoms with Crippen LogP contribution in [0, 0.1) is 0 Å². The van der Waals surface area contributed by atoms with Gasteiger partial charge in [0.15, 0.2) is 0 Å². The number of aromatic nitrogens is 1. The Morgan fingerprint density at radius 1 is 1.27 bits per heavy atom. The Hall–Kier alpha value is -1.82. The molecule has 0 aliphatic carbocycles. The van der Waals surface area contributed by atoms with Gasteiger partial charge in [0, 0.05) is 21.2 Å². The summed E-state index contributed by atoms with van der Waals surface area (Å²) in [5.41, 5.74) is 0.567. The molecule has 1 amide bonds. The molecule has 7 heteroatoms. The number of methoxy groups -OCH3 is 1. The van der Waals surface area contributed by atoms with Crippen LogP contribution in [-0.2, 0) is 0 Å². The van der Waals surface area contributed by atoms with E-state index in [0.29, 0.717) is 26.5 Å². The lowest BCUT2D eigenvalue weighted by molar-refractivity contribution is 0.103. The molecule has 0 fully saturated rings. The van der Waals surface area contributed by atoms with Crippen molar-refractivity contribution in [3.05, 3.63) is 51.5 Å². The third kappa shape index (κ3) is 2.88. The first-order valence-corrected chi connectivity index (χ1v) is 7.84. The fourth-order valence-electron chi connectivity index (χ4n) is 1.95. The average Bonchev–Trinajstić information content (AvgIpc) is 2.84. The quantitative estimate of drug-likeness (QED) is 0.731. The van der Waals surface area contributed by atoms with Crippen molar-refractivity contribution in [3.8, 4) is 5.88 Å². The van der Waals surface area contributed by atoms with E-state index in [1.807, 2.05) is 6.07 Å². The molecular weight excluding hydrogens is 343 g/mol. The summed E-state index contributed by atoms with van der Waals surface area (Å²) in [6.45, 7) is 0. The van der Waals surface area contributed by atoms with Gasteiger partial charge in [0.05, 0.1) is 24.0 Å². The van der Waals surface area contributed by atoms with E-state index >= 15 is 0 Å². The predicted molar refractivity (Wildman–Crippen MR) is 90.6 cm³/mol. The summed E-state index contributed by atoms with van der Waals surface area (Å²) in [7, 11) is 1.53. The van der Waals surface area contributed by atoms with Crippen molar-refractivity contribution in [3.63, 3.8) is 0 Å². The van der Waals surface area contributed by atoms with Crippen molar-refractivity contribution in [2.75, 3.05) is 12.4 Å². The zero-order valence-corrected chi connectivity index (χ0v) is 13.7. The third-order valence-electron chi connectivity index (χ3n) is 3.00. The molecule has 0 saturated carbocycles. The van der Waals surface area contributed by atoms with E-state index < -0.39 is 0 Å². The highest BCUT2D eigenvalue weighted by Crippen LogP contribution is 2.37. The number of ether oxygens (including phenoxy) is 1. The molecule has 0 saturated heterocycles. The van der Waals surface area contributed by atoms with Crippen LogP contribution >= 0.6 is 34.5 Å². The predicted octanol–water partition coefficient (Wildman–Crippen LogP) is 4.86. The van der Waals surface area contributed by atoms with Crippen LogP contribution < -0.4 is 10.1 Å². The van der Waals surface area contributed by atoms with Crippen LogP contribution in [0.2, 0.25) is 10.0 Å². The SMILES string of the molecule is COc1ccc(NC(=O)c2sc3cc(Cl)ccc3c2Cl)cn1. The Morgan fingerprint density at radius 2 is 2.09 bits per heavy atom. The number of anilines is 1. The van der Waals surface area contributed by atoms with Gasteiger partial charge in [-0.05, 0) is 18.2 Å². The summed E-state index contributed by atoms with van der Waals surface area (Å²) >= 11 is 13.5. The topological polar surface area (TPSA) is 51.2 Å². The van der Waals surface area contributed by atoms with Crippen LogP contribution in [0.25, 0.3) is 10.1 Å². The summed E-state index contributed by atoms with van der Waals surface area (Å²) in [5, 5.41) is 4.61. The smallest absolute Gasteiger partial charge is 0.267 e. The largest absolute Gasteiger partial charge is 0.481 e. The second kappa shape index (κ2) is 6.12. The Bertz CT molecular complexity index is 847. The van der Waals surface area contributed by atoms with Gasteiger partial charge in [-0.3, -0.25) is 4.79 Å². The molecule has 1 N–H and O–H groups in total. The summed E-state index contributed by atoms with van der Waals surface area (Å²) in [6, 6.07) is 8.72. The minimum atomic E-state index is -0.283. The molecule has 3 rings (SSSR count). The molecule has 3 aromatic rings. The first-order valence-electron chi connectivity index (χ1n) is 6.27. The second-order valence-corrected chi connectivity index (χ2v) is 6.30. The maximum atomic E-state index is 12.4. The molecule has 0 spiro atoms. The Balaban J connectivity index is 1.89. The Kier molecular flexibility index (Phi) is 4.20. The number of pyridine rings is 1. The van der Waals surface area contributed by atoms with Crippen molar-refractivity contribution in [1.29, 1.82) is 0 Å². The fourth-order valence-corrected chi connectivity index (χ4v) is 3.64. The van der Waals surface area contributed by atoms with Crippen molar-refractivity contribution < 1.29 is 9.53 Å². The van der Waals surface area contributed by atoms with Crippen LogP contribution in [0.3, 0.4) is 0 Å². The number of carbonyl (C=O) groups excluding carboxylic acids is 1. The van der Waals surface area contributed by atoms with E-state index in [-0.39, 0.29) is 5.91 Å². The minimum absolute atomic E-state index is 0.283. The van der Waals surface area contributed by atoms with Gasteiger partial charge in [-0.1, -0.05) is 29.3 Å². The molecule has 1 aromatic carbocycles. The van der Waals surface area contributed by atoms with Gasteiger partial charge >= 0.3 is 0 Å². The molecule has 0 aliphatic heterocycles. The van der Waals surface area contributed by atoms with E-state index in [1.54, 1.807) is 24.3 Å². The minimum Gasteiger partial charge on any atom is -0.481 e. The summed E-state index contributed by atoms with van der Waals surface area (Å²) in [6.07, 6.45) is 1.52. The lowest BCUT2D eigenvalue weighted by Gasteiger charge is -2.04. The van der Waals surface area contributed by atoms with Crippen molar-refractivity contribution in [1.82, 2.24) is 4.98 Å². The summed E-state index contributed by atoms with van der Waals surface area (Å²) in [4.78, 5) is 16.8. The normalized spacial score (nSPS) is 10.7. The lowest BCUT2D eigenvalue weighted by atomic mass is 10.2. The number of nitrogens with one attached hydrogen (secondary N) is 1. The van der Waals surface area contributed by atoms with Gasteiger partial charge < -0.3 is 10.1 Å². The van der Waals surface area contributed by atoms with Gasteiger partial charge in [-0.15, -0.1) is 11.3 Å².